The fourth-order valence-corrected chi connectivity index (χ4v) is 3.09. The molecular weight excluding hydrogens is 262 g/mol. The maximum atomic E-state index is 12.9. The number of aliphatic hydroxyl groups excluding tert-OH is 1. The summed E-state index contributed by atoms with van der Waals surface area (Å²) in [7, 11) is 0. The van der Waals surface area contributed by atoms with E-state index in [0.29, 0.717) is 6.42 Å². The maximum absolute atomic E-state index is 12.9. The van der Waals surface area contributed by atoms with E-state index in [9.17, 15) is 9.90 Å². The first-order chi connectivity index (χ1) is 9.96. The summed E-state index contributed by atoms with van der Waals surface area (Å²) < 4.78 is 0. The Kier molecular flexibility index (Phi) is 4.72. The standard InChI is InChI=1S/C18H27NO2/c1-4-17(3,11-12-20)19-16(21)18(9-6-10-18)15-8-5-7-14(2)13-15/h5,7-8,13,20H,4,6,9-12H2,1-3H3,(H,19,21). The van der Waals surface area contributed by atoms with E-state index in [0.717, 1.165) is 31.2 Å². The molecule has 1 aromatic carbocycles. The van der Waals surface area contributed by atoms with Gasteiger partial charge in [0.2, 0.25) is 5.91 Å². The van der Waals surface area contributed by atoms with Crippen molar-refractivity contribution >= 4 is 5.91 Å². The Bertz CT molecular complexity index is 508. The van der Waals surface area contributed by atoms with E-state index in [1.54, 1.807) is 0 Å². The van der Waals surface area contributed by atoms with Crippen molar-refractivity contribution < 1.29 is 9.90 Å². The van der Waals surface area contributed by atoms with Crippen LogP contribution in [0.1, 0.15) is 57.1 Å². The fraction of sp³-hybridized carbons (Fsp3) is 0.611. The molecule has 0 bridgehead atoms. The van der Waals surface area contributed by atoms with E-state index in [1.165, 1.54) is 5.56 Å². The minimum atomic E-state index is -0.363. The number of aryl methyl sites for hydroxylation is 1. The third-order valence-corrected chi connectivity index (χ3v) is 5.07. The van der Waals surface area contributed by atoms with E-state index in [-0.39, 0.29) is 23.5 Å². The van der Waals surface area contributed by atoms with Crippen molar-refractivity contribution in [1.82, 2.24) is 5.32 Å². The van der Waals surface area contributed by atoms with E-state index in [2.05, 4.69) is 37.4 Å². The van der Waals surface area contributed by atoms with Crippen LogP contribution >= 0.6 is 0 Å². The van der Waals surface area contributed by atoms with Gasteiger partial charge in [-0.1, -0.05) is 43.2 Å². The number of hydrogen-bond donors (Lipinski definition) is 2. The second-order valence-corrected chi connectivity index (χ2v) is 6.65. The predicted molar refractivity (Wildman–Crippen MR) is 85.2 cm³/mol. The lowest BCUT2D eigenvalue weighted by atomic mass is 9.63. The molecule has 1 atom stereocenters. The molecule has 2 rings (SSSR count). The number of rotatable bonds is 6. The molecule has 1 amide bonds. The van der Waals surface area contributed by atoms with Crippen molar-refractivity contribution in [2.75, 3.05) is 6.61 Å². The van der Waals surface area contributed by atoms with Crippen LogP contribution in [0, 0.1) is 6.92 Å². The Morgan fingerprint density at radius 1 is 1.43 bits per heavy atom. The number of aliphatic hydroxyl groups is 1. The summed E-state index contributed by atoms with van der Waals surface area (Å²) in [4.78, 5) is 12.9. The third-order valence-electron chi connectivity index (χ3n) is 5.07. The van der Waals surface area contributed by atoms with Crippen molar-refractivity contribution in [1.29, 1.82) is 0 Å². The van der Waals surface area contributed by atoms with Gasteiger partial charge in [-0.05, 0) is 45.1 Å². The number of amides is 1. The summed E-state index contributed by atoms with van der Waals surface area (Å²) in [5, 5.41) is 12.4. The van der Waals surface area contributed by atoms with E-state index < -0.39 is 0 Å². The van der Waals surface area contributed by atoms with Gasteiger partial charge < -0.3 is 10.4 Å². The molecule has 1 saturated carbocycles. The van der Waals surface area contributed by atoms with Crippen molar-refractivity contribution in [3.8, 4) is 0 Å². The highest BCUT2D eigenvalue weighted by atomic mass is 16.3. The van der Waals surface area contributed by atoms with Crippen LogP contribution in [-0.2, 0) is 10.2 Å². The largest absolute Gasteiger partial charge is 0.396 e. The normalized spacial score (nSPS) is 19.4. The van der Waals surface area contributed by atoms with Gasteiger partial charge in [-0.2, -0.15) is 0 Å². The topological polar surface area (TPSA) is 49.3 Å². The minimum Gasteiger partial charge on any atom is -0.396 e. The molecule has 1 aromatic rings. The van der Waals surface area contributed by atoms with Crippen LogP contribution in [0.3, 0.4) is 0 Å². The number of nitrogens with one attached hydrogen (secondary N) is 1. The molecule has 3 heteroatoms. The summed E-state index contributed by atoms with van der Waals surface area (Å²) in [6, 6.07) is 8.30. The molecule has 1 fully saturated rings. The van der Waals surface area contributed by atoms with Gasteiger partial charge in [-0.25, -0.2) is 0 Å². The second kappa shape index (κ2) is 6.18. The molecule has 0 heterocycles. The number of carbonyl (C=O) groups is 1. The zero-order chi connectivity index (χ0) is 15.5. The Morgan fingerprint density at radius 2 is 2.14 bits per heavy atom. The van der Waals surface area contributed by atoms with Gasteiger partial charge >= 0.3 is 0 Å². The van der Waals surface area contributed by atoms with E-state index >= 15 is 0 Å². The average Bonchev–Trinajstić information content (AvgIpc) is 2.37. The van der Waals surface area contributed by atoms with Gasteiger partial charge in [0.05, 0.1) is 5.41 Å². The molecule has 116 valence electrons. The van der Waals surface area contributed by atoms with Crippen LogP contribution in [0.5, 0.6) is 0 Å². The lowest BCUT2D eigenvalue weighted by molar-refractivity contribution is -0.132. The molecule has 0 radical (unpaired) electrons. The van der Waals surface area contributed by atoms with Crippen molar-refractivity contribution in [3.63, 3.8) is 0 Å². The van der Waals surface area contributed by atoms with Crippen LogP contribution in [-0.4, -0.2) is 23.2 Å². The highest BCUT2D eigenvalue weighted by Crippen LogP contribution is 2.44. The van der Waals surface area contributed by atoms with E-state index in [1.807, 2.05) is 13.0 Å². The van der Waals surface area contributed by atoms with Gasteiger partial charge in [0.15, 0.2) is 0 Å². The fourth-order valence-electron chi connectivity index (χ4n) is 3.09. The third kappa shape index (κ3) is 3.13. The Hall–Kier alpha value is -1.35. The molecule has 3 nitrogen and oxygen atoms in total. The van der Waals surface area contributed by atoms with Crippen LogP contribution in [0.15, 0.2) is 24.3 Å². The molecular formula is C18H27NO2. The molecule has 2 N–H and O–H groups in total. The molecule has 21 heavy (non-hydrogen) atoms. The minimum absolute atomic E-state index is 0.0993. The molecule has 1 aliphatic rings. The average molecular weight is 289 g/mol. The van der Waals surface area contributed by atoms with Gasteiger partial charge in [0.25, 0.3) is 0 Å². The number of benzene rings is 1. The molecule has 1 unspecified atom stereocenters. The highest BCUT2D eigenvalue weighted by Gasteiger charge is 2.47. The van der Waals surface area contributed by atoms with Crippen LogP contribution < -0.4 is 5.32 Å². The molecule has 0 aliphatic heterocycles. The van der Waals surface area contributed by atoms with Crippen molar-refractivity contribution in [2.45, 2.75) is 63.8 Å². The van der Waals surface area contributed by atoms with Crippen molar-refractivity contribution in [2.24, 2.45) is 0 Å². The Balaban J connectivity index is 2.23. The van der Waals surface area contributed by atoms with Gasteiger partial charge in [-0.3, -0.25) is 4.79 Å². The molecule has 0 saturated heterocycles. The predicted octanol–water partition coefficient (Wildman–Crippen LogP) is 3.08. The second-order valence-electron chi connectivity index (χ2n) is 6.65. The zero-order valence-corrected chi connectivity index (χ0v) is 13.4. The van der Waals surface area contributed by atoms with Crippen LogP contribution in [0.4, 0.5) is 0 Å². The summed E-state index contributed by atoms with van der Waals surface area (Å²) in [6.07, 6.45) is 4.36. The quantitative estimate of drug-likeness (QED) is 0.845. The highest BCUT2D eigenvalue weighted by molar-refractivity contribution is 5.89. The van der Waals surface area contributed by atoms with Gasteiger partial charge in [-0.15, -0.1) is 0 Å². The lowest BCUT2D eigenvalue weighted by Gasteiger charge is -2.43. The monoisotopic (exact) mass is 289 g/mol. The Labute approximate surface area is 127 Å². The maximum Gasteiger partial charge on any atom is 0.231 e. The van der Waals surface area contributed by atoms with Crippen LogP contribution in [0.25, 0.3) is 0 Å². The SMILES string of the molecule is CCC(C)(CCO)NC(=O)C1(c2cccc(C)c2)CCC1. The van der Waals surface area contributed by atoms with Crippen LogP contribution in [0.2, 0.25) is 0 Å². The van der Waals surface area contributed by atoms with E-state index in [4.69, 9.17) is 0 Å². The van der Waals surface area contributed by atoms with Gasteiger partial charge in [0, 0.05) is 12.1 Å². The molecule has 0 aromatic heterocycles. The zero-order valence-electron chi connectivity index (χ0n) is 13.4. The molecule has 0 spiro atoms. The summed E-state index contributed by atoms with van der Waals surface area (Å²) in [5.41, 5.74) is 1.64. The smallest absolute Gasteiger partial charge is 0.231 e. The lowest BCUT2D eigenvalue weighted by Crippen LogP contribution is -2.56. The summed E-state index contributed by atoms with van der Waals surface area (Å²) >= 11 is 0. The number of hydrogen-bond acceptors (Lipinski definition) is 2. The first kappa shape index (κ1) is 16.0. The summed E-state index contributed by atoms with van der Waals surface area (Å²) in [6.45, 7) is 6.23. The number of carbonyl (C=O) groups excluding carboxylic acids is 1. The Morgan fingerprint density at radius 3 is 2.62 bits per heavy atom. The van der Waals surface area contributed by atoms with Crippen molar-refractivity contribution in [3.05, 3.63) is 35.4 Å². The molecule has 1 aliphatic carbocycles. The van der Waals surface area contributed by atoms with Gasteiger partial charge in [0.1, 0.15) is 0 Å². The first-order valence-electron chi connectivity index (χ1n) is 7.96. The first-order valence-corrected chi connectivity index (χ1v) is 7.96. The summed E-state index contributed by atoms with van der Waals surface area (Å²) in [5.74, 6) is 0.122.